The van der Waals surface area contributed by atoms with Crippen molar-refractivity contribution in [3.05, 3.63) is 88.0 Å². The molecule has 0 aliphatic carbocycles. The van der Waals surface area contributed by atoms with Gasteiger partial charge in [-0.2, -0.15) is 0 Å². The maximum absolute atomic E-state index is 13.0. The van der Waals surface area contributed by atoms with E-state index in [2.05, 4.69) is 12.2 Å². The summed E-state index contributed by atoms with van der Waals surface area (Å²) in [6.07, 6.45) is 6.12. The lowest BCUT2D eigenvalue weighted by Crippen LogP contribution is -2.22. The second-order valence-electron chi connectivity index (χ2n) is 7.80. The van der Waals surface area contributed by atoms with Gasteiger partial charge in [-0.15, -0.1) is 0 Å². The third kappa shape index (κ3) is 4.04. The molecule has 2 aromatic carbocycles. The molecule has 0 radical (unpaired) electrons. The number of para-hydroxylation sites is 2. The van der Waals surface area contributed by atoms with E-state index < -0.39 is 0 Å². The fourth-order valence-corrected chi connectivity index (χ4v) is 3.86. The summed E-state index contributed by atoms with van der Waals surface area (Å²) in [7, 11) is 1.80. The Morgan fingerprint density at radius 3 is 2.56 bits per heavy atom. The third-order valence-electron chi connectivity index (χ3n) is 5.67. The zero-order valence-corrected chi connectivity index (χ0v) is 18.6. The van der Waals surface area contributed by atoms with Gasteiger partial charge in [0, 0.05) is 30.5 Å². The minimum absolute atomic E-state index is 0.268. The number of benzene rings is 2. The zero-order valence-electron chi connectivity index (χ0n) is 18.6. The highest BCUT2D eigenvalue weighted by atomic mass is 16.3. The molecule has 0 aliphatic heterocycles. The largest absolute Gasteiger partial charge is 0.460 e. The van der Waals surface area contributed by atoms with Crippen LogP contribution in [-0.2, 0) is 18.3 Å². The number of nitrogens with zero attached hydrogens (tertiary/aromatic N) is 2. The first-order chi connectivity index (χ1) is 15.5. The molecule has 0 aliphatic rings. The number of rotatable bonds is 7. The average Bonchev–Trinajstić information content (AvgIpc) is 3.26. The highest BCUT2D eigenvalue weighted by Crippen LogP contribution is 2.28. The van der Waals surface area contributed by atoms with Crippen molar-refractivity contribution in [2.75, 3.05) is 5.32 Å². The number of aryl methyl sites for hydroxylation is 1. The highest BCUT2D eigenvalue weighted by molar-refractivity contribution is 6.03. The van der Waals surface area contributed by atoms with E-state index in [4.69, 9.17) is 4.42 Å². The maximum Gasteiger partial charge on any atom is 0.295 e. The van der Waals surface area contributed by atoms with Gasteiger partial charge in [0.1, 0.15) is 17.0 Å². The first-order valence-corrected chi connectivity index (χ1v) is 10.8. The Morgan fingerprint density at radius 2 is 1.81 bits per heavy atom. The van der Waals surface area contributed by atoms with E-state index in [1.165, 1.54) is 6.08 Å². The second kappa shape index (κ2) is 9.14. The number of nitrogens with one attached hydrogen (secondary N) is 1. The Hall–Kier alpha value is -3.80. The molecule has 0 saturated carbocycles. The molecular formula is C26H27N3O3. The summed E-state index contributed by atoms with van der Waals surface area (Å²) in [5, 5.41) is 3.75. The van der Waals surface area contributed by atoms with E-state index in [0.29, 0.717) is 5.69 Å². The van der Waals surface area contributed by atoms with Crippen molar-refractivity contribution in [1.29, 1.82) is 0 Å². The summed E-state index contributed by atoms with van der Waals surface area (Å²) in [5.41, 5.74) is 3.14. The summed E-state index contributed by atoms with van der Waals surface area (Å²) in [5.74, 6) is 0.516. The van der Waals surface area contributed by atoms with Gasteiger partial charge in [0.2, 0.25) is 5.91 Å². The molecule has 1 N–H and O–H groups in total. The van der Waals surface area contributed by atoms with Crippen LogP contribution in [0.1, 0.15) is 36.8 Å². The Bertz CT molecular complexity index is 1340. The average molecular weight is 430 g/mol. The lowest BCUT2D eigenvalue weighted by atomic mass is 10.1. The molecule has 2 heterocycles. The molecule has 164 valence electrons. The van der Waals surface area contributed by atoms with Crippen LogP contribution in [0.2, 0.25) is 0 Å². The number of unbranched alkanes of at least 4 members (excludes halogenated alkanes) is 1. The molecule has 0 spiro atoms. The number of fused-ring (bicyclic) bond motifs is 1. The van der Waals surface area contributed by atoms with Crippen molar-refractivity contribution >= 4 is 28.6 Å². The summed E-state index contributed by atoms with van der Waals surface area (Å²) in [6.45, 7) is 3.95. The van der Waals surface area contributed by atoms with Gasteiger partial charge in [0.25, 0.3) is 5.56 Å². The van der Waals surface area contributed by atoms with Gasteiger partial charge >= 0.3 is 0 Å². The minimum Gasteiger partial charge on any atom is -0.460 e. The molecule has 0 fully saturated rings. The van der Waals surface area contributed by atoms with Gasteiger partial charge < -0.3 is 9.73 Å². The molecule has 0 bridgehead atoms. The molecule has 0 saturated heterocycles. The normalized spacial score (nSPS) is 11.5. The molecule has 1 amide bonds. The van der Waals surface area contributed by atoms with E-state index in [-0.39, 0.29) is 17.2 Å². The maximum atomic E-state index is 13.0. The van der Waals surface area contributed by atoms with E-state index in [1.807, 2.05) is 61.5 Å². The van der Waals surface area contributed by atoms with Crippen molar-refractivity contribution in [3.63, 3.8) is 0 Å². The molecule has 6 nitrogen and oxygen atoms in total. The summed E-state index contributed by atoms with van der Waals surface area (Å²) < 4.78 is 9.30. The molecule has 4 rings (SSSR count). The van der Waals surface area contributed by atoms with Crippen molar-refractivity contribution in [2.24, 2.45) is 7.05 Å². The van der Waals surface area contributed by atoms with Crippen LogP contribution in [0, 0.1) is 6.92 Å². The van der Waals surface area contributed by atoms with E-state index in [9.17, 15) is 9.59 Å². The van der Waals surface area contributed by atoms with E-state index >= 15 is 0 Å². The van der Waals surface area contributed by atoms with Crippen LogP contribution >= 0.6 is 0 Å². The quantitative estimate of drug-likeness (QED) is 0.409. The van der Waals surface area contributed by atoms with Gasteiger partial charge in [0.15, 0.2) is 0 Å². The number of carbonyl (C=O) groups is 1. The number of hydrogen-bond acceptors (Lipinski definition) is 3. The number of carbonyl (C=O) groups excluding carboxylic acids is 1. The summed E-state index contributed by atoms with van der Waals surface area (Å²) in [4.78, 5) is 25.8. The molecule has 2 aromatic heterocycles. The molecule has 0 unspecified atom stereocenters. The Morgan fingerprint density at radius 1 is 1.09 bits per heavy atom. The minimum atomic E-state index is -0.359. The van der Waals surface area contributed by atoms with Gasteiger partial charge in [-0.3, -0.25) is 14.3 Å². The molecule has 32 heavy (non-hydrogen) atoms. The standard InChI is InChI=1S/C26H27N3O3/c1-4-5-14-22-21(20-13-9-10-15-23(20)32-22)16-17-24(30)27-25-18(2)28(3)29(26(25)31)19-11-7-6-8-12-19/h6-13,15-17H,4-5,14H2,1-3H3,(H,27,30). The van der Waals surface area contributed by atoms with Crippen molar-refractivity contribution in [3.8, 4) is 5.69 Å². The number of aromatic nitrogens is 2. The molecule has 0 atom stereocenters. The summed E-state index contributed by atoms with van der Waals surface area (Å²) in [6, 6.07) is 17.2. The lowest BCUT2D eigenvalue weighted by molar-refractivity contribution is -0.111. The predicted molar refractivity (Wildman–Crippen MR) is 128 cm³/mol. The van der Waals surface area contributed by atoms with E-state index in [0.717, 1.165) is 47.2 Å². The Balaban J connectivity index is 1.62. The van der Waals surface area contributed by atoms with Gasteiger partial charge in [-0.1, -0.05) is 49.7 Å². The van der Waals surface area contributed by atoms with Gasteiger partial charge in [0.05, 0.1) is 11.4 Å². The van der Waals surface area contributed by atoms with E-state index in [1.54, 1.807) is 22.5 Å². The van der Waals surface area contributed by atoms with Crippen LogP contribution in [0.25, 0.3) is 22.7 Å². The van der Waals surface area contributed by atoms with Crippen molar-refractivity contribution in [2.45, 2.75) is 33.1 Å². The van der Waals surface area contributed by atoms with Crippen LogP contribution < -0.4 is 10.9 Å². The Labute approximate surface area is 186 Å². The monoisotopic (exact) mass is 429 g/mol. The summed E-state index contributed by atoms with van der Waals surface area (Å²) >= 11 is 0. The van der Waals surface area contributed by atoms with Gasteiger partial charge in [-0.05, 0) is 37.6 Å². The van der Waals surface area contributed by atoms with Crippen LogP contribution in [0.15, 0.2) is 69.9 Å². The zero-order chi connectivity index (χ0) is 22.7. The van der Waals surface area contributed by atoms with Crippen LogP contribution in [0.3, 0.4) is 0 Å². The number of amides is 1. The van der Waals surface area contributed by atoms with Crippen molar-refractivity contribution in [1.82, 2.24) is 9.36 Å². The first-order valence-electron chi connectivity index (χ1n) is 10.8. The fraction of sp³-hybridized carbons (Fsp3) is 0.231. The topological polar surface area (TPSA) is 69.2 Å². The first kappa shape index (κ1) is 21.4. The highest BCUT2D eigenvalue weighted by Gasteiger charge is 2.17. The fourth-order valence-electron chi connectivity index (χ4n) is 3.86. The van der Waals surface area contributed by atoms with Crippen LogP contribution in [0.5, 0.6) is 0 Å². The second-order valence-corrected chi connectivity index (χ2v) is 7.80. The van der Waals surface area contributed by atoms with Crippen molar-refractivity contribution < 1.29 is 9.21 Å². The number of furan rings is 1. The van der Waals surface area contributed by atoms with Crippen LogP contribution in [0.4, 0.5) is 5.69 Å². The lowest BCUT2D eigenvalue weighted by Gasteiger charge is -2.07. The smallest absolute Gasteiger partial charge is 0.295 e. The number of hydrogen-bond donors (Lipinski definition) is 1. The van der Waals surface area contributed by atoms with Crippen LogP contribution in [-0.4, -0.2) is 15.3 Å². The van der Waals surface area contributed by atoms with Gasteiger partial charge in [-0.25, -0.2) is 4.68 Å². The SMILES string of the molecule is CCCCc1oc2ccccc2c1C=CC(=O)Nc1c(C)n(C)n(-c2ccccc2)c1=O. The molecule has 6 heteroatoms. The Kier molecular flexibility index (Phi) is 6.12. The third-order valence-corrected chi connectivity index (χ3v) is 5.67. The predicted octanol–water partition coefficient (Wildman–Crippen LogP) is 5.23. The molecule has 4 aromatic rings. The number of anilines is 1. The molecular weight excluding hydrogens is 402 g/mol.